The van der Waals surface area contributed by atoms with Crippen LogP contribution in [0.4, 0.5) is 5.82 Å². The molecule has 0 bridgehead atoms. The van der Waals surface area contributed by atoms with Gasteiger partial charge in [0.2, 0.25) is 5.88 Å². The first-order valence-corrected chi connectivity index (χ1v) is 5.64. The standard InChI is InChI=1S/C11H20N4O/c1-4-12-6-7-15(3)10-8-13-9-11(14-10)16-5-2/h8-9,12H,4-7H2,1-3H3. The Bertz CT molecular complexity index is 306. The van der Waals surface area contributed by atoms with Crippen molar-refractivity contribution in [3.63, 3.8) is 0 Å². The number of ether oxygens (including phenoxy) is 1. The molecule has 0 amide bonds. The number of hydrogen-bond acceptors (Lipinski definition) is 5. The zero-order valence-corrected chi connectivity index (χ0v) is 10.2. The number of likely N-dealkylation sites (N-methyl/N-ethyl adjacent to an activating group) is 2. The fourth-order valence-electron chi connectivity index (χ4n) is 1.28. The molecule has 0 fully saturated rings. The quantitative estimate of drug-likeness (QED) is 0.698. The van der Waals surface area contributed by atoms with Gasteiger partial charge in [-0.1, -0.05) is 6.92 Å². The summed E-state index contributed by atoms with van der Waals surface area (Å²) >= 11 is 0. The van der Waals surface area contributed by atoms with E-state index < -0.39 is 0 Å². The Hall–Kier alpha value is -1.36. The van der Waals surface area contributed by atoms with Crippen LogP contribution in [0.5, 0.6) is 5.88 Å². The van der Waals surface area contributed by atoms with E-state index in [4.69, 9.17) is 4.74 Å². The predicted octanol–water partition coefficient (Wildman–Crippen LogP) is 0.921. The van der Waals surface area contributed by atoms with Crippen LogP contribution in [0.15, 0.2) is 12.4 Å². The van der Waals surface area contributed by atoms with E-state index in [0.29, 0.717) is 12.5 Å². The maximum atomic E-state index is 5.31. The summed E-state index contributed by atoms with van der Waals surface area (Å²) in [5.74, 6) is 1.42. The number of nitrogens with zero attached hydrogens (tertiary/aromatic N) is 3. The smallest absolute Gasteiger partial charge is 0.234 e. The van der Waals surface area contributed by atoms with Crippen LogP contribution in [0.25, 0.3) is 0 Å². The number of rotatable bonds is 7. The minimum absolute atomic E-state index is 0.579. The minimum Gasteiger partial charge on any atom is -0.477 e. The summed E-state index contributed by atoms with van der Waals surface area (Å²) in [6.45, 7) is 7.46. The van der Waals surface area contributed by atoms with Crippen molar-refractivity contribution in [2.24, 2.45) is 0 Å². The molecule has 0 radical (unpaired) electrons. The van der Waals surface area contributed by atoms with Gasteiger partial charge in [-0.05, 0) is 13.5 Å². The molecule has 0 aliphatic rings. The lowest BCUT2D eigenvalue weighted by atomic mass is 10.5. The van der Waals surface area contributed by atoms with E-state index in [0.717, 1.165) is 25.5 Å². The summed E-state index contributed by atoms with van der Waals surface area (Å²) in [6.07, 6.45) is 3.37. The van der Waals surface area contributed by atoms with Crippen LogP contribution in [-0.2, 0) is 0 Å². The Morgan fingerprint density at radius 3 is 2.88 bits per heavy atom. The first-order valence-electron chi connectivity index (χ1n) is 5.64. The van der Waals surface area contributed by atoms with Crippen LogP contribution < -0.4 is 15.0 Å². The normalized spacial score (nSPS) is 10.2. The molecular weight excluding hydrogens is 204 g/mol. The van der Waals surface area contributed by atoms with E-state index in [1.54, 1.807) is 12.4 Å². The van der Waals surface area contributed by atoms with Gasteiger partial charge >= 0.3 is 0 Å². The highest BCUT2D eigenvalue weighted by Gasteiger charge is 2.04. The van der Waals surface area contributed by atoms with Gasteiger partial charge in [0.05, 0.1) is 19.0 Å². The van der Waals surface area contributed by atoms with Gasteiger partial charge < -0.3 is 15.0 Å². The van der Waals surface area contributed by atoms with E-state index in [1.807, 2.05) is 14.0 Å². The summed E-state index contributed by atoms with van der Waals surface area (Å²) < 4.78 is 5.31. The number of nitrogens with one attached hydrogen (secondary N) is 1. The molecule has 1 aromatic heterocycles. The predicted molar refractivity (Wildman–Crippen MR) is 65.0 cm³/mol. The molecule has 0 spiro atoms. The summed E-state index contributed by atoms with van der Waals surface area (Å²) in [4.78, 5) is 10.5. The molecule has 1 aromatic rings. The maximum Gasteiger partial charge on any atom is 0.234 e. The Morgan fingerprint density at radius 2 is 2.19 bits per heavy atom. The monoisotopic (exact) mass is 224 g/mol. The zero-order chi connectivity index (χ0) is 11.8. The molecule has 0 unspecified atom stereocenters. The second kappa shape index (κ2) is 7.00. The lowest BCUT2D eigenvalue weighted by molar-refractivity contribution is 0.325. The molecule has 0 aromatic carbocycles. The Kier molecular flexibility index (Phi) is 5.56. The molecule has 1 heterocycles. The third-order valence-electron chi connectivity index (χ3n) is 2.16. The first kappa shape index (κ1) is 12.7. The largest absolute Gasteiger partial charge is 0.477 e. The van der Waals surface area contributed by atoms with Gasteiger partial charge in [0.15, 0.2) is 5.82 Å². The van der Waals surface area contributed by atoms with Gasteiger partial charge in [0, 0.05) is 20.1 Å². The van der Waals surface area contributed by atoms with Crippen molar-refractivity contribution in [2.75, 3.05) is 38.2 Å². The van der Waals surface area contributed by atoms with E-state index in [-0.39, 0.29) is 0 Å². The third-order valence-corrected chi connectivity index (χ3v) is 2.16. The second-order valence-electron chi connectivity index (χ2n) is 3.42. The second-order valence-corrected chi connectivity index (χ2v) is 3.42. The molecule has 0 aliphatic heterocycles. The highest BCUT2D eigenvalue weighted by molar-refractivity contribution is 5.36. The van der Waals surface area contributed by atoms with Crippen molar-refractivity contribution in [1.29, 1.82) is 0 Å². The minimum atomic E-state index is 0.579. The van der Waals surface area contributed by atoms with E-state index >= 15 is 0 Å². The van der Waals surface area contributed by atoms with Crippen molar-refractivity contribution in [3.8, 4) is 5.88 Å². The molecule has 0 atom stereocenters. The van der Waals surface area contributed by atoms with Crippen molar-refractivity contribution >= 4 is 5.82 Å². The Balaban J connectivity index is 2.53. The summed E-state index contributed by atoms with van der Waals surface area (Å²) in [5.41, 5.74) is 0. The average Bonchev–Trinajstić information content (AvgIpc) is 2.30. The van der Waals surface area contributed by atoms with Gasteiger partial charge in [0.25, 0.3) is 0 Å². The molecule has 1 N–H and O–H groups in total. The van der Waals surface area contributed by atoms with E-state index in [1.165, 1.54) is 0 Å². The van der Waals surface area contributed by atoms with Crippen molar-refractivity contribution in [3.05, 3.63) is 12.4 Å². The number of hydrogen-bond donors (Lipinski definition) is 1. The third kappa shape index (κ3) is 4.02. The molecule has 5 heteroatoms. The highest BCUT2D eigenvalue weighted by atomic mass is 16.5. The van der Waals surface area contributed by atoms with Gasteiger partial charge in [-0.3, -0.25) is 4.98 Å². The van der Waals surface area contributed by atoms with Crippen LogP contribution in [0.2, 0.25) is 0 Å². The first-order chi connectivity index (χ1) is 7.77. The topological polar surface area (TPSA) is 50.3 Å². The molecule has 90 valence electrons. The fraction of sp³-hybridized carbons (Fsp3) is 0.636. The molecular formula is C11H20N4O. The molecule has 1 rings (SSSR count). The summed E-state index contributed by atoms with van der Waals surface area (Å²) in [6, 6.07) is 0. The molecule has 0 aliphatic carbocycles. The van der Waals surface area contributed by atoms with E-state index in [9.17, 15) is 0 Å². The van der Waals surface area contributed by atoms with Crippen LogP contribution in [0.3, 0.4) is 0 Å². The van der Waals surface area contributed by atoms with Crippen molar-refractivity contribution < 1.29 is 4.74 Å². The Labute approximate surface area is 96.8 Å². The molecule has 5 nitrogen and oxygen atoms in total. The lowest BCUT2D eigenvalue weighted by Crippen LogP contribution is -2.29. The molecule has 0 saturated carbocycles. The SMILES string of the molecule is CCNCCN(C)c1cncc(OCC)n1. The maximum absolute atomic E-state index is 5.31. The molecule has 0 saturated heterocycles. The average molecular weight is 224 g/mol. The highest BCUT2D eigenvalue weighted by Crippen LogP contribution is 2.11. The fourth-order valence-corrected chi connectivity index (χ4v) is 1.28. The summed E-state index contributed by atoms with van der Waals surface area (Å²) in [5, 5.41) is 3.27. The summed E-state index contributed by atoms with van der Waals surface area (Å²) in [7, 11) is 2.00. The van der Waals surface area contributed by atoms with Gasteiger partial charge in [-0.2, -0.15) is 4.98 Å². The number of aromatic nitrogens is 2. The van der Waals surface area contributed by atoms with Gasteiger partial charge in [-0.25, -0.2) is 0 Å². The molecule has 16 heavy (non-hydrogen) atoms. The van der Waals surface area contributed by atoms with Crippen LogP contribution >= 0.6 is 0 Å². The Morgan fingerprint density at radius 1 is 1.38 bits per heavy atom. The van der Waals surface area contributed by atoms with Crippen LogP contribution in [0, 0.1) is 0 Å². The van der Waals surface area contributed by atoms with Crippen LogP contribution in [0.1, 0.15) is 13.8 Å². The zero-order valence-electron chi connectivity index (χ0n) is 10.2. The van der Waals surface area contributed by atoms with Gasteiger partial charge in [0.1, 0.15) is 0 Å². The van der Waals surface area contributed by atoms with Crippen LogP contribution in [-0.4, -0.2) is 43.3 Å². The lowest BCUT2D eigenvalue weighted by Gasteiger charge is -2.18. The van der Waals surface area contributed by atoms with E-state index in [2.05, 4.69) is 27.1 Å². The van der Waals surface area contributed by atoms with Crippen molar-refractivity contribution in [1.82, 2.24) is 15.3 Å². The van der Waals surface area contributed by atoms with Crippen molar-refractivity contribution in [2.45, 2.75) is 13.8 Å². The number of anilines is 1. The van der Waals surface area contributed by atoms with Gasteiger partial charge in [-0.15, -0.1) is 0 Å².